The lowest BCUT2D eigenvalue weighted by Gasteiger charge is -2.24. The maximum atomic E-state index is 5.65. The standard InChI is InChI=1S/C14H23N5/c15-5-8-18-6-2-7-19(10-9-18)14-12-3-1-4-13(12)16-11-17-14/h11H,1-10,15H2. The molecule has 2 N–H and O–H groups in total. The van der Waals surface area contributed by atoms with Gasteiger partial charge in [-0.05, 0) is 32.2 Å². The number of fused-ring (bicyclic) bond motifs is 1. The van der Waals surface area contributed by atoms with Crippen LogP contribution in [-0.4, -0.2) is 54.1 Å². The van der Waals surface area contributed by atoms with Gasteiger partial charge in [-0.2, -0.15) is 0 Å². The minimum Gasteiger partial charge on any atom is -0.355 e. The fourth-order valence-corrected chi connectivity index (χ4v) is 3.20. The van der Waals surface area contributed by atoms with E-state index in [1.54, 1.807) is 6.33 Å². The summed E-state index contributed by atoms with van der Waals surface area (Å²) in [5.41, 5.74) is 8.32. The van der Waals surface area contributed by atoms with Gasteiger partial charge in [-0.3, -0.25) is 0 Å². The minimum absolute atomic E-state index is 0.753. The Morgan fingerprint density at radius 2 is 2.00 bits per heavy atom. The minimum atomic E-state index is 0.753. The molecule has 0 amide bonds. The van der Waals surface area contributed by atoms with E-state index in [4.69, 9.17) is 5.73 Å². The van der Waals surface area contributed by atoms with Crippen molar-refractivity contribution in [2.75, 3.05) is 44.2 Å². The van der Waals surface area contributed by atoms with Gasteiger partial charge in [0, 0.05) is 44.0 Å². The molecule has 0 unspecified atom stereocenters. The number of hydrogen-bond acceptors (Lipinski definition) is 5. The summed E-state index contributed by atoms with van der Waals surface area (Å²) < 4.78 is 0. The highest BCUT2D eigenvalue weighted by Gasteiger charge is 2.22. The van der Waals surface area contributed by atoms with Crippen LogP contribution < -0.4 is 10.6 Å². The Hall–Kier alpha value is -1.20. The van der Waals surface area contributed by atoms with Gasteiger partial charge in [0.05, 0.1) is 0 Å². The van der Waals surface area contributed by atoms with Gasteiger partial charge in [-0.1, -0.05) is 0 Å². The molecule has 0 saturated carbocycles. The van der Waals surface area contributed by atoms with Gasteiger partial charge in [0.25, 0.3) is 0 Å². The van der Waals surface area contributed by atoms with Gasteiger partial charge in [0.2, 0.25) is 0 Å². The van der Waals surface area contributed by atoms with Gasteiger partial charge in [-0.25, -0.2) is 9.97 Å². The highest BCUT2D eigenvalue weighted by Crippen LogP contribution is 2.28. The largest absolute Gasteiger partial charge is 0.355 e. The molecule has 3 rings (SSSR count). The maximum absolute atomic E-state index is 5.65. The third-order valence-corrected chi connectivity index (χ3v) is 4.19. The summed E-state index contributed by atoms with van der Waals surface area (Å²) in [5.74, 6) is 1.19. The van der Waals surface area contributed by atoms with E-state index in [-0.39, 0.29) is 0 Å². The van der Waals surface area contributed by atoms with Crippen molar-refractivity contribution in [1.82, 2.24) is 14.9 Å². The zero-order valence-electron chi connectivity index (χ0n) is 11.5. The van der Waals surface area contributed by atoms with Crippen molar-refractivity contribution >= 4 is 5.82 Å². The zero-order valence-corrected chi connectivity index (χ0v) is 11.5. The third-order valence-electron chi connectivity index (χ3n) is 4.19. The van der Waals surface area contributed by atoms with Gasteiger partial charge in [0.1, 0.15) is 12.1 Å². The van der Waals surface area contributed by atoms with Crippen LogP contribution in [0.3, 0.4) is 0 Å². The normalized spacial score (nSPS) is 20.4. The average molecular weight is 261 g/mol. The molecule has 0 atom stereocenters. The van der Waals surface area contributed by atoms with E-state index in [0.29, 0.717) is 0 Å². The van der Waals surface area contributed by atoms with Crippen LogP contribution >= 0.6 is 0 Å². The van der Waals surface area contributed by atoms with Crippen molar-refractivity contribution < 1.29 is 0 Å². The molecule has 1 aromatic rings. The van der Waals surface area contributed by atoms with Crippen LogP contribution in [0.4, 0.5) is 5.82 Å². The first-order valence-corrected chi connectivity index (χ1v) is 7.38. The number of hydrogen-bond donors (Lipinski definition) is 1. The Morgan fingerprint density at radius 3 is 2.89 bits per heavy atom. The lowest BCUT2D eigenvalue weighted by Crippen LogP contribution is -2.34. The van der Waals surface area contributed by atoms with E-state index >= 15 is 0 Å². The summed E-state index contributed by atoms with van der Waals surface area (Å²) in [6.07, 6.45) is 6.43. The monoisotopic (exact) mass is 261 g/mol. The van der Waals surface area contributed by atoms with E-state index in [0.717, 1.165) is 52.1 Å². The molecule has 5 heteroatoms. The summed E-state index contributed by atoms with van der Waals surface area (Å²) in [5, 5.41) is 0. The van der Waals surface area contributed by atoms with E-state index in [9.17, 15) is 0 Å². The zero-order chi connectivity index (χ0) is 13.1. The fourth-order valence-electron chi connectivity index (χ4n) is 3.20. The van der Waals surface area contributed by atoms with Crippen molar-refractivity contribution in [2.24, 2.45) is 5.73 Å². The second-order valence-corrected chi connectivity index (χ2v) is 5.45. The molecule has 0 bridgehead atoms. The van der Waals surface area contributed by atoms with Crippen molar-refractivity contribution in [3.63, 3.8) is 0 Å². The Kier molecular flexibility index (Phi) is 3.94. The second kappa shape index (κ2) is 5.84. The topological polar surface area (TPSA) is 58.3 Å². The molecule has 1 aliphatic carbocycles. The molecular weight excluding hydrogens is 238 g/mol. The van der Waals surface area contributed by atoms with Gasteiger partial charge in [-0.15, -0.1) is 0 Å². The number of rotatable bonds is 3. The van der Waals surface area contributed by atoms with Crippen LogP contribution in [0.1, 0.15) is 24.1 Å². The molecule has 5 nitrogen and oxygen atoms in total. The first kappa shape index (κ1) is 12.8. The van der Waals surface area contributed by atoms with Crippen LogP contribution in [0.15, 0.2) is 6.33 Å². The van der Waals surface area contributed by atoms with Crippen molar-refractivity contribution in [2.45, 2.75) is 25.7 Å². The van der Waals surface area contributed by atoms with Gasteiger partial charge in [0.15, 0.2) is 0 Å². The van der Waals surface area contributed by atoms with Crippen LogP contribution in [-0.2, 0) is 12.8 Å². The van der Waals surface area contributed by atoms with Crippen LogP contribution in [0.2, 0.25) is 0 Å². The maximum Gasteiger partial charge on any atom is 0.135 e. The van der Waals surface area contributed by atoms with Crippen molar-refractivity contribution in [1.29, 1.82) is 0 Å². The first-order valence-electron chi connectivity index (χ1n) is 7.38. The Balaban J connectivity index is 1.74. The molecule has 2 aliphatic rings. The lowest BCUT2D eigenvalue weighted by molar-refractivity contribution is 0.302. The number of anilines is 1. The number of nitrogens with zero attached hydrogens (tertiary/aromatic N) is 4. The molecule has 2 heterocycles. The van der Waals surface area contributed by atoms with Crippen LogP contribution in [0.25, 0.3) is 0 Å². The lowest BCUT2D eigenvalue weighted by atomic mass is 10.2. The molecule has 104 valence electrons. The highest BCUT2D eigenvalue weighted by atomic mass is 15.3. The Bertz CT molecular complexity index is 434. The number of nitrogens with two attached hydrogens (primary N) is 1. The van der Waals surface area contributed by atoms with Crippen molar-refractivity contribution in [3.05, 3.63) is 17.6 Å². The van der Waals surface area contributed by atoms with Crippen LogP contribution in [0, 0.1) is 0 Å². The van der Waals surface area contributed by atoms with E-state index in [1.165, 1.54) is 29.9 Å². The summed E-state index contributed by atoms with van der Waals surface area (Å²) in [6, 6.07) is 0. The first-order chi connectivity index (χ1) is 9.38. The highest BCUT2D eigenvalue weighted by molar-refractivity contribution is 5.50. The summed E-state index contributed by atoms with van der Waals surface area (Å²) >= 11 is 0. The smallest absolute Gasteiger partial charge is 0.135 e. The molecule has 19 heavy (non-hydrogen) atoms. The van der Waals surface area contributed by atoms with Crippen LogP contribution in [0.5, 0.6) is 0 Å². The Labute approximate surface area is 114 Å². The molecule has 1 saturated heterocycles. The number of aromatic nitrogens is 2. The fraction of sp³-hybridized carbons (Fsp3) is 0.714. The molecule has 0 spiro atoms. The second-order valence-electron chi connectivity index (χ2n) is 5.45. The third kappa shape index (κ3) is 2.72. The van der Waals surface area contributed by atoms with E-state index in [1.807, 2.05) is 0 Å². The quantitative estimate of drug-likeness (QED) is 0.855. The SMILES string of the molecule is NCCN1CCCN(c2ncnc3c2CCC3)CC1. The molecule has 0 aromatic carbocycles. The van der Waals surface area contributed by atoms with E-state index < -0.39 is 0 Å². The predicted molar refractivity (Wildman–Crippen MR) is 76.4 cm³/mol. The average Bonchev–Trinajstić information content (AvgIpc) is 2.79. The molecule has 1 aromatic heterocycles. The van der Waals surface area contributed by atoms with Gasteiger partial charge < -0.3 is 15.5 Å². The Morgan fingerprint density at radius 1 is 1.05 bits per heavy atom. The summed E-state index contributed by atoms with van der Waals surface area (Å²) in [4.78, 5) is 13.9. The van der Waals surface area contributed by atoms with E-state index in [2.05, 4.69) is 19.8 Å². The predicted octanol–water partition coefficient (Wildman–Crippen LogP) is 0.436. The molecular formula is C14H23N5. The van der Waals surface area contributed by atoms with Gasteiger partial charge >= 0.3 is 0 Å². The molecule has 0 radical (unpaired) electrons. The molecule has 1 aliphatic heterocycles. The summed E-state index contributed by atoms with van der Waals surface area (Å²) in [7, 11) is 0. The molecule has 1 fully saturated rings. The number of aryl methyl sites for hydroxylation is 1. The summed E-state index contributed by atoms with van der Waals surface area (Å²) in [6.45, 7) is 6.17. The van der Waals surface area contributed by atoms with Crippen molar-refractivity contribution in [3.8, 4) is 0 Å².